The molecule has 15 heavy (non-hydrogen) atoms. The van der Waals surface area contributed by atoms with Crippen LogP contribution in [0.1, 0.15) is 33.6 Å². The van der Waals surface area contributed by atoms with Crippen LogP contribution in [0.3, 0.4) is 0 Å². The zero-order valence-corrected chi connectivity index (χ0v) is 10.2. The average Bonchev–Trinajstić information content (AvgIpc) is 1.93. The fourth-order valence-corrected chi connectivity index (χ4v) is 1.88. The van der Waals surface area contributed by atoms with Crippen LogP contribution in [-0.4, -0.2) is 36.6 Å². The molecule has 0 amide bonds. The number of carbonyl (C=O) groups excluding carboxylic acids is 1. The van der Waals surface area contributed by atoms with E-state index in [1.54, 1.807) is 0 Å². The van der Waals surface area contributed by atoms with Gasteiger partial charge in [0.25, 0.3) is 10.1 Å². The van der Waals surface area contributed by atoms with Crippen molar-refractivity contribution in [3.63, 3.8) is 0 Å². The molecule has 0 spiro atoms. The van der Waals surface area contributed by atoms with Gasteiger partial charge in [0.05, 0.1) is 5.75 Å². The van der Waals surface area contributed by atoms with Gasteiger partial charge in [0.2, 0.25) is 0 Å². The lowest BCUT2D eigenvalue weighted by atomic mass is 9.98. The summed E-state index contributed by atoms with van der Waals surface area (Å²) in [5, 5.41) is 3.07. The molecular formula is C9H19NO4S. The van der Waals surface area contributed by atoms with Crippen molar-refractivity contribution in [1.82, 2.24) is 5.32 Å². The highest BCUT2D eigenvalue weighted by atomic mass is 32.2. The minimum absolute atomic E-state index is 0.0854. The van der Waals surface area contributed by atoms with Crippen molar-refractivity contribution < 1.29 is 17.8 Å². The quantitative estimate of drug-likeness (QED) is 0.501. The van der Waals surface area contributed by atoms with Crippen LogP contribution in [0, 0.1) is 0 Å². The molecular weight excluding hydrogens is 218 g/mol. The van der Waals surface area contributed by atoms with Crippen LogP contribution in [0.4, 0.5) is 0 Å². The number of Topliss-reactive ketones (excluding diaryl/α,β-unsaturated/α-hetero) is 1. The number of ketones is 1. The topological polar surface area (TPSA) is 83.5 Å². The zero-order valence-electron chi connectivity index (χ0n) is 9.41. The summed E-state index contributed by atoms with van der Waals surface area (Å²) in [5.41, 5.74) is -0.328. The van der Waals surface area contributed by atoms with E-state index in [1.807, 2.05) is 13.8 Å². The molecule has 0 aromatic heterocycles. The summed E-state index contributed by atoms with van der Waals surface area (Å²) in [6, 6.07) is 0. The van der Waals surface area contributed by atoms with Crippen molar-refractivity contribution >= 4 is 15.9 Å². The third kappa shape index (κ3) is 9.84. The molecule has 0 bridgehead atoms. The van der Waals surface area contributed by atoms with Crippen LogP contribution in [0.5, 0.6) is 0 Å². The normalized spacial score (nSPS) is 12.8. The molecule has 90 valence electrons. The maximum Gasteiger partial charge on any atom is 0.264 e. The Kier molecular flexibility index (Phi) is 5.41. The standard InChI is InChI=1S/C9H19NO4S/c1-8(11)7-9(2,3)10-5-4-6-15(12,13)14/h10H,4-7H2,1-3H3,(H,12,13,14). The lowest BCUT2D eigenvalue weighted by Crippen LogP contribution is -2.41. The summed E-state index contributed by atoms with van der Waals surface area (Å²) in [4.78, 5) is 10.9. The van der Waals surface area contributed by atoms with Gasteiger partial charge < -0.3 is 5.32 Å². The van der Waals surface area contributed by atoms with Crippen molar-refractivity contribution in [1.29, 1.82) is 0 Å². The van der Waals surface area contributed by atoms with E-state index in [1.165, 1.54) is 6.92 Å². The van der Waals surface area contributed by atoms with E-state index in [0.29, 0.717) is 19.4 Å². The molecule has 0 saturated carbocycles. The first-order valence-electron chi connectivity index (χ1n) is 4.82. The maximum atomic E-state index is 10.9. The van der Waals surface area contributed by atoms with Gasteiger partial charge in [0.15, 0.2) is 0 Å². The number of rotatable bonds is 7. The van der Waals surface area contributed by atoms with E-state index in [4.69, 9.17) is 4.55 Å². The Morgan fingerprint density at radius 1 is 1.40 bits per heavy atom. The highest BCUT2D eigenvalue weighted by Crippen LogP contribution is 2.08. The molecule has 0 radical (unpaired) electrons. The number of carbonyl (C=O) groups is 1. The lowest BCUT2D eigenvalue weighted by molar-refractivity contribution is -0.118. The first kappa shape index (κ1) is 14.5. The zero-order chi connectivity index (χ0) is 12.1. The van der Waals surface area contributed by atoms with Gasteiger partial charge in [-0.25, -0.2) is 0 Å². The first-order chi connectivity index (χ1) is 6.62. The van der Waals surface area contributed by atoms with E-state index in [2.05, 4.69) is 5.32 Å². The number of nitrogens with one attached hydrogen (secondary N) is 1. The highest BCUT2D eigenvalue weighted by molar-refractivity contribution is 7.85. The van der Waals surface area contributed by atoms with Gasteiger partial charge >= 0.3 is 0 Å². The monoisotopic (exact) mass is 237 g/mol. The fraction of sp³-hybridized carbons (Fsp3) is 0.889. The molecule has 6 heteroatoms. The predicted octanol–water partition coefficient (Wildman–Crippen LogP) is 0.612. The second kappa shape index (κ2) is 5.58. The molecule has 5 nitrogen and oxygen atoms in total. The van der Waals surface area contributed by atoms with Crippen LogP contribution in [-0.2, 0) is 14.9 Å². The number of hydrogen-bond acceptors (Lipinski definition) is 4. The van der Waals surface area contributed by atoms with Crippen LogP contribution in [0.15, 0.2) is 0 Å². The summed E-state index contributed by atoms with van der Waals surface area (Å²) in [7, 11) is -3.87. The molecule has 0 aromatic carbocycles. The Balaban J connectivity index is 3.80. The Morgan fingerprint density at radius 2 is 1.93 bits per heavy atom. The van der Waals surface area contributed by atoms with Crippen molar-refractivity contribution in [2.45, 2.75) is 39.2 Å². The molecule has 0 saturated heterocycles. The predicted molar refractivity (Wildman–Crippen MR) is 58.4 cm³/mol. The second-order valence-corrected chi connectivity index (χ2v) is 5.90. The summed E-state index contributed by atoms with van der Waals surface area (Å²) in [6.07, 6.45) is 0.735. The SMILES string of the molecule is CC(=O)CC(C)(C)NCCCS(=O)(=O)O. The smallest absolute Gasteiger partial charge is 0.264 e. The van der Waals surface area contributed by atoms with Crippen molar-refractivity contribution in [2.75, 3.05) is 12.3 Å². The van der Waals surface area contributed by atoms with Gasteiger partial charge in [0, 0.05) is 12.0 Å². The lowest BCUT2D eigenvalue weighted by Gasteiger charge is -2.24. The van der Waals surface area contributed by atoms with Gasteiger partial charge in [-0.3, -0.25) is 9.35 Å². The molecule has 0 aliphatic rings. The Labute approximate surface area is 91.0 Å². The van der Waals surface area contributed by atoms with Crippen LogP contribution < -0.4 is 5.32 Å². The average molecular weight is 237 g/mol. The minimum atomic E-state index is -3.87. The molecule has 0 aliphatic carbocycles. The summed E-state index contributed by atoms with van der Waals surface area (Å²) in [5.74, 6) is -0.168. The highest BCUT2D eigenvalue weighted by Gasteiger charge is 2.18. The van der Waals surface area contributed by atoms with Crippen molar-refractivity contribution in [3.05, 3.63) is 0 Å². The largest absolute Gasteiger partial charge is 0.311 e. The molecule has 2 N–H and O–H groups in total. The van der Waals surface area contributed by atoms with Gasteiger partial charge in [-0.05, 0) is 33.7 Å². The third-order valence-electron chi connectivity index (χ3n) is 1.87. The summed E-state index contributed by atoms with van der Waals surface area (Å²) >= 11 is 0. The molecule has 0 rings (SSSR count). The van der Waals surface area contributed by atoms with E-state index in [0.717, 1.165) is 0 Å². The second-order valence-electron chi connectivity index (χ2n) is 4.33. The van der Waals surface area contributed by atoms with Gasteiger partial charge in [-0.1, -0.05) is 0 Å². The minimum Gasteiger partial charge on any atom is -0.311 e. The molecule has 0 unspecified atom stereocenters. The first-order valence-corrected chi connectivity index (χ1v) is 6.43. The molecule has 0 aromatic rings. The van der Waals surface area contributed by atoms with Gasteiger partial charge in [-0.15, -0.1) is 0 Å². The van der Waals surface area contributed by atoms with E-state index >= 15 is 0 Å². The molecule has 0 atom stereocenters. The van der Waals surface area contributed by atoms with Gasteiger partial charge in [-0.2, -0.15) is 8.42 Å². The number of hydrogen-bond donors (Lipinski definition) is 2. The van der Waals surface area contributed by atoms with E-state index in [-0.39, 0.29) is 17.1 Å². The fourth-order valence-electron chi connectivity index (χ4n) is 1.37. The van der Waals surface area contributed by atoms with Crippen LogP contribution >= 0.6 is 0 Å². The Morgan fingerprint density at radius 3 is 2.33 bits per heavy atom. The van der Waals surface area contributed by atoms with Crippen molar-refractivity contribution in [2.24, 2.45) is 0 Å². The Hall–Kier alpha value is -0.460. The maximum absolute atomic E-state index is 10.9. The molecule has 0 fully saturated rings. The van der Waals surface area contributed by atoms with E-state index < -0.39 is 10.1 Å². The van der Waals surface area contributed by atoms with Crippen LogP contribution in [0.2, 0.25) is 0 Å². The van der Waals surface area contributed by atoms with Crippen molar-refractivity contribution in [3.8, 4) is 0 Å². The summed E-state index contributed by atoms with van der Waals surface area (Å²) in [6.45, 7) is 5.73. The third-order valence-corrected chi connectivity index (χ3v) is 2.68. The summed E-state index contributed by atoms with van der Waals surface area (Å²) < 4.78 is 29.3. The Bertz CT molecular complexity index is 308. The molecule has 0 aliphatic heterocycles. The van der Waals surface area contributed by atoms with Gasteiger partial charge in [0.1, 0.15) is 5.78 Å². The van der Waals surface area contributed by atoms with Crippen LogP contribution in [0.25, 0.3) is 0 Å². The molecule has 0 heterocycles. The van der Waals surface area contributed by atoms with E-state index in [9.17, 15) is 13.2 Å².